The van der Waals surface area contributed by atoms with Gasteiger partial charge in [-0.05, 0) is 31.9 Å². The van der Waals surface area contributed by atoms with Crippen LogP contribution in [0.15, 0.2) is 18.3 Å². The number of aromatic amines is 1. The van der Waals surface area contributed by atoms with Gasteiger partial charge in [-0.2, -0.15) is 0 Å². The van der Waals surface area contributed by atoms with Crippen LogP contribution in [0.1, 0.15) is 16.7 Å². The normalized spacial score (nSPS) is 10.5. The Balaban J connectivity index is 2.55. The van der Waals surface area contributed by atoms with Crippen LogP contribution in [0.3, 0.4) is 0 Å². The summed E-state index contributed by atoms with van der Waals surface area (Å²) in [6.07, 6.45) is 1.79. The monoisotopic (exact) mass is 216 g/mol. The standard InChI is InChI=1S/C12H16N4/c1-7-4-8(2)11(9(3)5-7)10-6-14-12(15-10)16-13/h4-6H,13H2,1-3H3,(H2,14,15,16). The largest absolute Gasteiger partial charge is 0.323 e. The lowest BCUT2D eigenvalue weighted by atomic mass is 9.98. The minimum absolute atomic E-state index is 0.578. The quantitative estimate of drug-likeness (QED) is 0.533. The van der Waals surface area contributed by atoms with E-state index < -0.39 is 0 Å². The van der Waals surface area contributed by atoms with Crippen molar-refractivity contribution in [2.45, 2.75) is 20.8 Å². The van der Waals surface area contributed by atoms with Gasteiger partial charge in [0.1, 0.15) is 0 Å². The molecule has 2 aromatic rings. The smallest absolute Gasteiger partial charge is 0.215 e. The molecule has 0 bridgehead atoms. The van der Waals surface area contributed by atoms with Crippen LogP contribution in [0.25, 0.3) is 11.3 Å². The molecule has 84 valence electrons. The lowest BCUT2D eigenvalue weighted by molar-refractivity contribution is 1.20. The second-order valence-electron chi connectivity index (χ2n) is 4.06. The first-order valence-corrected chi connectivity index (χ1v) is 5.21. The Hall–Kier alpha value is -1.81. The molecule has 0 amide bonds. The number of rotatable bonds is 2. The van der Waals surface area contributed by atoms with Gasteiger partial charge in [0, 0.05) is 5.56 Å². The van der Waals surface area contributed by atoms with Gasteiger partial charge in [-0.15, -0.1) is 0 Å². The van der Waals surface area contributed by atoms with E-state index in [-0.39, 0.29) is 0 Å². The summed E-state index contributed by atoms with van der Waals surface area (Å²) in [6, 6.07) is 4.33. The van der Waals surface area contributed by atoms with Gasteiger partial charge in [0.2, 0.25) is 5.95 Å². The zero-order valence-corrected chi connectivity index (χ0v) is 9.76. The van der Waals surface area contributed by atoms with Gasteiger partial charge in [-0.25, -0.2) is 10.8 Å². The van der Waals surface area contributed by atoms with E-state index in [0.717, 1.165) is 5.69 Å². The highest BCUT2D eigenvalue weighted by Crippen LogP contribution is 2.27. The minimum Gasteiger partial charge on any atom is -0.323 e. The molecule has 0 aliphatic rings. The van der Waals surface area contributed by atoms with Crippen LogP contribution in [-0.4, -0.2) is 9.97 Å². The van der Waals surface area contributed by atoms with E-state index in [1.54, 1.807) is 6.20 Å². The number of nitrogens with one attached hydrogen (secondary N) is 2. The van der Waals surface area contributed by atoms with Crippen LogP contribution >= 0.6 is 0 Å². The number of nitrogen functional groups attached to an aromatic ring is 1. The number of nitrogens with two attached hydrogens (primary N) is 1. The molecule has 16 heavy (non-hydrogen) atoms. The summed E-state index contributed by atoms with van der Waals surface area (Å²) in [5.74, 6) is 5.88. The lowest BCUT2D eigenvalue weighted by Crippen LogP contribution is -2.07. The fraction of sp³-hybridized carbons (Fsp3) is 0.250. The number of aromatic nitrogens is 2. The molecule has 0 fully saturated rings. The first-order valence-electron chi connectivity index (χ1n) is 5.21. The summed E-state index contributed by atoms with van der Waals surface area (Å²) in [5, 5.41) is 0. The average molecular weight is 216 g/mol. The third-order valence-corrected chi connectivity index (χ3v) is 2.66. The van der Waals surface area contributed by atoms with Gasteiger partial charge in [0.15, 0.2) is 0 Å². The van der Waals surface area contributed by atoms with Crippen molar-refractivity contribution in [3.8, 4) is 11.3 Å². The molecule has 0 aliphatic heterocycles. The zero-order valence-electron chi connectivity index (χ0n) is 9.76. The molecular formula is C12H16N4. The van der Waals surface area contributed by atoms with Crippen molar-refractivity contribution in [1.82, 2.24) is 9.97 Å². The fourth-order valence-electron chi connectivity index (χ4n) is 2.13. The summed E-state index contributed by atoms with van der Waals surface area (Å²) < 4.78 is 0. The van der Waals surface area contributed by atoms with Crippen molar-refractivity contribution in [2.24, 2.45) is 5.84 Å². The third kappa shape index (κ3) is 1.79. The molecule has 1 heterocycles. The van der Waals surface area contributed by atoms with E-state index in [1.807, 2.05) is 0 Å². The van der Waals surface area contributed by atoms with Gasteiger partial charge in [0.05, 0.1) is 11.9 Å². The number of benzene rings is 1. The van der Waals surface area contributed by atoms with E-state index >= 15 is 0 Å². The molecule has 4 N–H and O–H groups in total. The lowest BCUT2D eigenvalue weighted by Gasteiger charge is -2.09. The molecule has 0 unspecified atom stereocenters. The van der Waals surface area contributed by atoms with Crippen molar-refractivity contribution < 1.29 is 0 Å². The fourth-order valence-corrected chi connectivity index (χ4v) is 2.13. The number of anilines is 1. The van der Waals surface area contributed by atoms with E-state index in [2.05, 4.69) is 48.3 Å². The van der Waals surface area contributed by atoms with E-state index in [1.165, 1.54) is 22.3 Å². The van der Waals surface area contributed by atoms with Crippen LogP contribution in [0.2, 0.25) is 0 Å². The van der Waals surface area contributed by atoms with Crippen LogP contribution in [0, 0.1) is 20.8 Å². The Bertz CT molecular complexity index is 490. The van der Waals surface area contributed by atoms with Crippen molar-refractivity contribution in [3.63, 3.8) is 0 Å². The number of H-pyrrole nitrogens is 1. The summed E-state index contributed by atoms with van der Waals surface area (Å²) in [6.45, 7) is 6.31. The number of hydrogen-bond donors (Lipinski definition) is 3. The molecule has 0 saturated carbocycles. The first kappa shape index (κ1) is 10.7. The first-order chi connectivity index (χ1) is 7.61. The Morgan fingerprint density at radius 1 is 1.19 bits per heavy atom. The molecular weight excluding hydrogens is 200 g/mol. The van der Waals surface area contributed by atoms with Gasteiger partial charge >= 0.3 is 0 Å². The molecule has 0 atom stereocenters. The van der Waals surface area contributed by atoms with Crippen LogP contribution in [-0.2, 0) is 0 Å². The maximum Gasteiger partial charge on any atom is 0.215 e. The predicted molar refractivity (Wildman–Crippen MR) is 66.0 cm³/mol. The maximum atomic E-state index is 5.30. The molecule has 1 aromatic heterocycles. The predicted octanol–water partition coefficient (Wildman–Crippen LogP) is 2.29. The highest BCUT2D eigenvalue weighted by Gasteiger charge is 2.09. The van der Waals surface area contributed by atoms with E-state index in [9.17, 15) is 0 Å². The minimum atomic E-state index is 0.578. The maximum absolute atomic E-state index is 5.30. The molecule has 2 rings (SSSR count). The molecule has 0 aliphatic carbocycles. The van der Waals surface area contributed by atoms with Gasteiger partial charge in [-0.1, -0.05) is 17.7 Å². The number of hydrogen-bond acceptors (Lipinski definition) is 3. The highest BCUT2D eigenvalue weighted by molar-refractivity contribution is 5.68. The SMILES string of the molecule is Cc1cc(C)c(-c2cnc(NN)[nH]2)c(C)c1. The zero-order chi connectivity index (χ0) is 11.7. The highest BCUT2D eigenvalue weighted by atomic mass is 15.3. The van der Waals surface area contributed by atoms with Crippen LogP contribution in [0.4, 0.5) is 5.95 Å². The molecule has 0 radical (unpaired) electrons. The summed E-state index contributed by atoms with van der Waals surface area (Å²) >= 11 is 0. The van der Waals surface area contributed by atoms with Crippen LogP contribution in [0.5, 0.6) is 0 Å². The van der Waals surface area contributed by atoms with Gasteiger partial charge < -0.3 is 4.98 Å². The van der Waals surface area contributed by atoms with Crippen molar-refractivity contribution >= 4 is 5.95 Å². The Morgan fingerprint density at radius 2 is 1.81 bits per heavy atom. The van der Waals surface area contributed by atoms with Gasteiger partial charge in [-0.3, -0.25) is 5.43 Å². The van der Waals surface area contributed by atoms with Crippen molar-refractivity contribution in [3.05, 3.63) is 35.0 Å². The average Bonchev–Trinajstić information content (AvgIpc) is 2.64. The van der Waals surface area contributed by atoms with E-state index in [4.69, 9.17) is 5.84 Å². The summed E-state index contributed by atoms with van der Waals surface area (Å²) in [5.41, 5.74) is 8.44. The van der Waals surface area contributed by atoms with Crippen molar-refractivity contribution in [1.29, 1.82) is 0 Å². The Morgan fingerprint density at radius 3 is 2.31 bits per heavy atom. The van der Waals surface area contributed by atoms with Crippen LogP contribution < -0.4 is 11.3 Å². The Labute approximate surface area is 94.9 Å². The second-order valence-corrected chi connectivity index (χ2v) is 4.06. The molecule has 4 heteroatoms. The van der Waals surface area contributed by atoms with Gasteiger partial charge in [0.25, 0.3) is 0 Å². The number of hydrazine groups is 1. The number of nitrogens with zero attached hydrogens (tertiary/aromatic N) is 1. The molecule has 1 aromatic carbocycles. The molecule has 4 nitrogen and oxygen atoms in total. The van der Waals surface area contributed by atoms with E-state index in [0.29, 0.717) is 5.95 Å². The topological polar surface area (TPSA) is 66.7 Å². The number of aryl methyl sites for hydroxylation is 3. The summed E-state index contributed by atoms with van der Waals surface area (Å²) in [7, 11) is 0. The summed E-state index contributed by atoms with van der Waals surface area (Å²) in [4.78, 5) is 7.26. The number of imidazole rings is 1. The third-order valence-electron chi connectivity index (χ3n) is 2.66. The second kappa shape index (κ2) is 3.98. The molecule has 0 spiro atoms. The van der Waals surface area contributed by atoms with Crippen molar-refractivity contribution in [2.75, 3.05) is 5.43 Å². The Kier molecular flexibility index (Phi) is 2.66. The molecule has 0 saturated heterocycles.